The zero-order chi connectivity index (χ0) is 16.9. The van der Waals surface area contributed by atoms with E-state index in [0.29, 0.717) is 0 Å². The number of nitrogens with one attached hydrogen (secondary N) is 1. The van der Waals surface area contributed by atoms with Crippen LogP contribution in [0.2, 0.25) is 0 Å². The summed E-state index contributed by atoms with van der Waals surface area (Å²) in [6.07, 6.45) is 6.33. The SMILES string of the molecule is CCc1cccc(CC)c1Nc1ccnc(N2CCC(C)CC2)n1. The van der Waals surface area contributed by atoms with Gasteiger partial charge in [0.15, 0.2) is 0 Å². The standard InChI is InChI=1S/C20H28N4/c1-4-16-7-6-8-17(5-2)19(16)22-18-9-12-21-20(23-18)24-13-10-15(3)11-14-24/h6-9,12,15H,4-5,10-11,13-14H2,1-3H3,(H,21,22,23). The summed E-state index contributed by atoms with van der Waals surface area (Å²) in [5.74, 6) is 2.54. The molecule has 1 fully saturated rings. The van der Waals surface area contributed by atoms with Gasteiger partial charge in [0.2, 0.25) is 5.95 Å². The fourth-order valence-electron chi connectivity index (χ4n) is 3.31. The van der Waals surface area contributed by atoms with Crippen LogP contribution in [0, 0.1) is 5.92 Å². The summed E-state index contributed by atoms with van der Waals surface area (Å²) in [7, 11) is 0. The Labute approximate surface area is 145 Å². The third-order valence-corrected chi connectivity index (χ3v) is 4.96. The van der Waals surface area contributed by atoms with Crippen LogP contribution in [0.4, 0.5) is 17.5 Å². The number of anilines is 3. The average Bonchev–Trinajstić information content (AvgIpc) is 2.62. The van der Waals surface area contributed by atoms with E-state index in [9.17, 15) is 0 Å². The summed E-state index contributed by atoms with van der Waals surface area (Å²) in [6.45, 7) is 8.82. The average molecular weight is 324 g/mol. The lowest BCUT2D eigenvalue weighted by atomic mass is 10.00. The second-order valence-corrected chi connectivity index (χ2v) is 6.69. The highest BCUT2D eigenvalue weighted by atomic mass is 15.3. The van der Waals surface area contributed by atoms with Crippen molar-refractivity contribution < 1.29 is 0 Å². The van der Waals surface area contributed by atoms with Gasteiger partial charge in [-0.1, -0.05) is 39.0 Å². The molecule has 128 valence electrons. The summed E-state index contributed by atoms with van der Waals surface area (Å²) in [5.41, 5.74) is 3.88. The van der Waals surface area contributed by atoms with Crippen LogP contribution in [0.3, 0.4) is 0 Å². The lowest BCUT2D eigenvalue weighted by Gasteiger charge is -2.30. The fourth-order valence-corrected chi connectivity index (χ4v) is 3.31. The Morgan fingerprint density at radius 1 is 1.08 bits per heavy atom. The van der Waals surface area contributed by atoms with Crippen molar-refractivity contribution in [1.29, 1.82) is 0 Å². The topological polar surface area (TPSA) is 41.1 Å². The molecule has 1 N–H and O–H groups in total. The van der Waals surface area contributed by atoms with Crippen molar-refractivity contribution in [2.24, 2.45) is 5.92 Å². The molecule has 2 heterocycles. The van der Waals surface area contributed by atoms with E-state index >= 15 is 0 Å². The minimum absolute atomic E-state index is 0.811. The number of aromatic nitrogens is 2. The number of hydrogen-bond donors (Lipinski definition) is 1. The predicted octanol–water partition coefficient (Wildman–Crippen LogP) is 4.58. The van der Waals surface area contributed by atoms with Gasteiger partial charge in [0.25, 0.3) is 0 Å². The van der Waals surface area contributed by atoms with Crippen molar-refractivity contribution in [2.75, 3.05) is 23.3 Å². The van der Waals surface area contributed by atoms with Crippen molar-refractivity contribution in [3.63, 3.8) is 0 Å². The number of para-hydroxylation sites is 1. The molecule has 3 rings (SSSR count). The highest BCUT2D eigenvalue weighted by Gasteiger charge is 2.18. The molecule has 0 spiro atoms. The highest BCUT2D eigenvalue weighted by molar-refractivity contribution is 5.65. The Bertz CT molecular complexity index is 653. The molecule has 1 aromatic heterocycles. The molecule has 0 aliphatic carbocycles. The monoisotopic (exact) mass is 324 g/mol. The maximum Gasteiger partial charge on any atom is 0.227 e. The maximum absolute atomic E-state index is 4.77. The van der Waals surface area contributed by atoms with Gasteiger partial charge in [0.05, 0.1) is 0 Å². The number of nitrogens with zero attached hydrogens (tertiary/aromatic N) is 3. The lowest BCUT2D eigenvalue weighted by molar-refractivity contribution is 0.434. The van der Waals surface area contributed by atoms with Crippen molar-refractivity contribution in [1.82, 2.24) is 9.97 Å². The van der Waals surface area contributed by atoms with Crippen LogP contribution < -0.4 is 10.2 Å². The molecule has 4 nitrogen and oxygen atoms in total. The summed E-state index contributed by atoms with van der Waals surface area (Å²) in [4.78, 5) is 11.6. The van der Waals surface area contributed by atoms with Gasteiger partial charge in [-0.3, -0.25) is 0 Å². The van der Waals surface area contributed by atoms with E-state index < -0.39 is 0 Å². The molecule has 0 saturated carbocycles. The van der Waals surface area contributed by atoms with Gasteiger partial charge in [0, 0.05) is 25.0 Å². The van der Waals surface area contributed by atoms with E-state index in [1.807, 2.05) is 12.3 Å². The first-order chi connectivity index (χ1) is 11.7. The number of aryl methyl sites for hydroxylation is 2. The fraction of sp³-hybridized carbons (Fsp3) is 0.500. The summed E-state index contributed by atoms with van der Waals surface area (Å²) in [5, 5.41) is 3.55. The first-order valence-corrected chi connectivity index (χ1v) is 9.17. The molecule has 0 atom stereocenters. The van der Waals surface area contributed by atoms with E-state index in [0.717, 1.165) is 43.6 Å². The van der Waals surface area contributed by atoms with Crippen LogP contribution in [0.1, 0.15) is 44.7 Å². The molecule has 1 aliphatic heterocycles. The van der Waals surface area contributed by atoms with Gasteiger partial charge in [-0.05, 0) is 48.8 Å². The summed E-state index contributed by atoms with van der Waals surface area (Å²) in [6, 6.07) is 8.48. The molecule has 0 amide bonds. The molecule has 0 radical (unpaired) electrons. The van der Waals surface area contributed by atoms with Crippen LogP contribution >= 0.6 is 0 Å². The highest BCUT2D eigenvalue weighted by Crippen LogP contribution is 2.27. The second-order valence-electron chi connectivity index (χ2n) is 6.69. The van der Waals surface area contributed by atoms with Gasteiger partial charge in [-0.15, -0.1) is 0 Å². The molecule has 0 unspecified atom stereocenters. The Balaban J connectivity index is 1.83. The molecule has 4 heteroatoms. The van der Waals surface area contributed by atoms with E-state index in [1.54, 1.807) is 0 Å². The van der Waals surface area contributed by atoms with Gasteiger partial charge >= 0.3 is 0 Å². The second kappa shape index (κ2) is 7.65. The Morgan fingerprint density at radius 3 is 2.38 bits per heavy atom. The van der Waals surface area contributed by atoms with Crippen molar-refractivity contribution in [3.05, 3.63) is 41.6 Å². The Kier molecular flexibility index (Phi) is 5.34. The molecular formula is C20H28N4. The zero-order valence-electron chi connectivity index (χ0n) is 15.0. The molecule has 2 aromatic rings. The van der Waals surface area contributed by atoms with Crippen LogP contribution in [0.25, 0.3) is 0 Å². The zero-order valence-corrected chi connectivity index (χ0v) is 15.0. The third kappa shape index (κ3) is 3.69. The summed E-state index contributed by atoms with van der Waals surface area (Å²) < 4.78 is 0. The molecule has 1 aliphatic rings. The Morgan fingerprint density at radius 2 is 1.75 bits per heavy atom. The van der Waals surface area contributed by atoms with Crippen molar-refractivity contribution >= 4 is 17.5 Å². The Hall–Kier alpha value is -2.10. The maximum atomic E-state index is 4.77. The van der Waals surface area contributed by atoms with E-state index in [-0.39, 0.29) is 0 Å². The lowest BCUT2D eigenvalue weighted by Crippen LogP contribution is -2.34. The van der Waals surface area contributed by atoms with Crippen molar-refractivity contribution in [2.45, 2.75) is 46.5 Å². The van der Waals surface area contributed by atoms with E-state index in [2.05, 4.69) is 54.2 Å². The molecule has 0 bridgehead atoms. The minimum atomic E-state index is 0.811. The van der Waals surface area contributed by atoms with E-state index in [1.165, 1.54) is 29.7 Å². The largest absolute Gasteiger partial charge is 0.341 e. The van der Waals surface area contributed by atoms with Crippen LogP contribution in [0.15, 0.2) is 30.5 Å². The third-order valence-electron chi connectivity index (χ3n) is 4.96. The van der Waals surface area contributed by atoms with Gasteiger partial charge in [-0.25, -0.2) is 4.98 Å². The van der Waals surface area contributed by atoms with E-state index in [4.69, 9.17) is 4.98 Å². The quantitative estimate of drug-likeness (QED) is 0.874. The van der Waals surface area contributed by atoms with Crippen LogP contribution in [-0.4, -0.2) is 23.1 Å². The number of hydrogen-bond acceptors (Lipinski definition) is 4. The summed E-state index contributed by atoms with van der Waals surface area (Å²) >= 11 is 0. The molecular weight excluding hydrogens is 296 g/mol. The molecule has 24 heavy (non-hydrogen) atoms. The molecule has 1 aromatic carbocycles. The normalized spacial score (nSPS) is 15.5. The number of benzene rings is 1. The van der Waals surface area contributed by atoms with Gasteiger partial charge in [-0.2, -0.15) is 4.98 Å². The smallest absolute Gasteiger partial charge is 0.227 e. The first-order valence-electron chi connectivity index (χ1n) is 9.17. The van der Waals surface area contributed by atoms with Gasteiger partial charge in [0.1, 0.15) is 5.82 Å². The molecule has 1 saturated heterocycles. The minimum Gasteiger partial charge on any atom is -0.341 e. The number of rotatable bonds is 5. The van der Waals surface area contributed by atoms with Crippen molar-refractivity contribution in [3.8, 4) is 0 Å². The number of piperidine rings is 1. The predicted molar refractivity (Wildman–Crippen MR) is 101 cm³/mol. The first kappa shape index (κ1) is 16.7. The van der Waals surface area contributed by atoms with Crippen LogP contribution in [-0.2, 0) is 12.8 Å². The van der Waals surface area contributed by atoms with Gasteiger partial charge < -0.3 is 10.2 Å². The van der Waals surface area contributed by atoms with Crippen LogP contribution in [0.5, 0.6) is 0 Å².